The molecule has 28 heavy (non-hydrogen) atoms. The van der Waals surface area contributed by atoms with E-state index in [1.165, 1.54) is 4.57 Å². The van der Waals surface area contributed by atoms with Crippen LogP contribution in [0.3, 0.4) is 0 Å². The number of hydrogen-bond donors (Lipinski definition) is 0. The standard InChI is InChI=1S/C21H13Cl2N3OS/c1-12-5-3-6-13(2)19(12)26-20(27)17(28-21(26)15(10-24)11-25)9-14-7-4-8-16(22)18(14)23/h3-9H,1-2H3/b17-9-. The predicted molar refractivity (Wildman–Crippen MR) is 113 cm³/mol. The van der Waals surface area contributed by atoms with Crippen molar-refractivity contribution in [1.82, 2.24) is 4.57 Å². The van der Waals surface area contributed by atoms with Crippen molar-refractivity contribution in [3.05, 3.63) is 82.7 Å². The van der Waals surface area contributed by atoms with Crippen molar-refractivity contribution in [2.75, 3.05) is 0 Å². The van der Waals surface area contributed by atoms with Crippen LogP contribution in [0.5, 0.6) is 0 Å². The van der Waals surface area contributed by atoms with Crippen molar-refractivity contribution >= 4 is 46.2 Å². The van der Waals surface area contributed by atoms with Crippen LogP contribution in [0.15, 0.2) is 41.2 Å². The van der Waals surface area contributed by atoms with E-state index in [0.29, 0.717) is 25.8 Å². The number of thiazole rings is 1. The Kier molecular flexibility index (Phi) is 5.72. The van der Waals surface area contributed by atoms with E-state index >= 15 is 0 Å². The maximum absolute atomic E-state index is 13.3. The minimum atomic E-state index is -0.323. The molecular weight excluding hydrogens is 413 g/mol. The molecule has 0 saturated heterocycles. The molecule has 3 rings (SSSR count). The molecule has 2 aromatic carbocycles. The highest BCUT2D eigenvalue weighted by Crippen LogP contribution is 2.25. The van der Waals surface area contributed by atoms with Crippen molar-refractivity contribution < 1.29 is 0 Å². The number of rotatable bonds is 2. The van der Waals surface area contributed by atoms with Gasteiger partial charge >= 0.3 is 0 Å². The molecule has 0 aliphatic heterocycles. The zero-order chi connectivity index (χ0) is 20.4. The van der Waals surface area contributed by atoms with E-state index in [-0.39, 0.29) is 15.8 Å². The summed E-state index contributed by atoms with van der Waals surface area (Å²) in [7, 11) is 0. The molecule has 0 unspecified atom stereocenters. The van der Waals surface area contributed by atoms with E-state index in [9.17, 15) is 15.3 Å². The third-order valence-corrected chi connectivity index (χ3v) is 6.12. The molecule has 0 amide bonds. The van der Waals surface area contributed by atoms with E-state index in [4.69, 9.17) is 23.2 Å². The molecule has 1 aromatic heterocycles. The van der Waals surface area contributed by atoms with Crippen LogP contribution in [-0.4, -0.2) is 4.57 Å². The molecule has 0 atom stereocenters. The van der Waals surface area contributed by atoms with Crippen molar-refractivity contribution in [3.8, 4) is 17.8 Å². The van der Waals surface area contributed by atoms with Gasteiger partial charge in [0.1, 0.15) is 16.8 Å². The Labute approximate surface area is 175 Å². The number of benzene rings is 2. The number of aromatic nitrogens is 1. The lowest BCUT2D eigenvalue weighted by atomic mass is 10.1. The second-order valence-corrected chi connectivity index (χ2v) is 7.85. The Morgan fingerprint density at radius 1 is 1.07 bits per heavy atom. The first-order valence-electron chi connectivity index (χ1n) is 8.17. The third-order valence-electron chi connectivity index (χ3n) is 4.19. The van der Waals surface area contributed by atoms with E-state index < -0.39 is 0 Å². The first kappa shape index (κ1) is 19.9. The highest BCUT2D eigenvalue weighted by atomic mass is 35.5. The highest BCUT2D eigenvalue weighted by Gasteiger charge is 2.15. The van der Waals surface area contributed by atoms with Crippen LogP contribution in [0.1, 0.15) is 16.7 Å². The molecule has 0 radical (unpaired) electrons. The maximum atomic E-state index is 13.3. The van der Waals surface area contributed by atoms with Gasteiger partial charge in [-0.3, -0.25) is 9.36 Å². The predicted octanol–water partition coefficient (Wildman–Crippen LogP) is 3.85. The van der Waals surface area contributed by atoms with Gasteiger partial charge in [-0.05, 0) is 42.7 Å². The molecule has 4 nitrogen and oxygen atoms in total. The molecule has 3 aromatic rings. The first-order valence-corrected chi connectivity index (χ1v) is 9.75. The Morgan fingerprint density at radius 2 is 1.68 bits per heavy atom. The van der Waals surface area contributed by atoms with Gasteiger partial charge in [0, 0.05) is 0 Å². The molecule has 0 aliphatic carbocycles. The number of hydrogen-bond acceptors (Lipinski definition) is 4. The molecule has 0 aliphatic rings. The van der Waals surface area contributed by atoms with E-state index in [1.54, 1.807) is 24.3 Å². The van der Waals surface area contributed by atoms with Crippen LogP contribution in [0.4, 0.5) is 0 Å². The zero-order valence-electron chi connectivity index (χ0n) is 15.0. The Hall–Kier alpha value is -2.83. The molecule has 0 fully saturated rings. The second-order valence-electron chi connectivity index (χ2n) is 6.04. The minimum absolute atomic E-state index is 0.124. The van der Waals surface area contributed by atoms with Crippen molar-refractivity contribution in [3.63, 3.8) is 0 Å². The van der Waals surface area contributed by atoms with Gasteiger partial charge in [0.05, 0.1) is 20.3 Å². The topological polar surface area (TPSA) is 69.6 Å². The minimum Gasteiger partial charge on any atom is -0.267 e. The van der Waals surface area contributed by atoms with E-state index in [0.717, 1.165) is 22.5 Å². The number of aryl methyl sites for hydroxylation is 2. The molecule has 0 saturated carbocycles. The fourth-order valence-corrected chi connectivity index (χ4v) is 4.30. The number of nitriles is 2. The Bertz CT molecular complexity index is 1320. The summed E-state index contributed by atoms with van der Waals surface area (Å²) in [6.07, 6.45) is 1.63. The fraction of sp³-hybridized carbons (Fsp3) is 0.0952. The first-order chi connectivity index (χ1) is 13.4. The van der Waals surface area contributed by atoms with Crippen LogP contribution in [0.2, 0.25) is 10.0 Å². The lowest BCUT2D eigenvalue weighted by Gasteiger charge is -2.10. The molecule has 1 heterocycles. The van der Waals surface area contributed by atoms with Gasteiger partial charge in [-0.15, -0.1) is 11.3 Å². The highest BCUT2D eigenvalue weighted by molar-refractivity contribution is 7.07. The summed E-state index contributed by atoms with van der Waals surface area (Å²) < 4.78 is 2.07. The van der Waals surface area contributed by atoms with Crippen molar-refractivity contribution in [1.29, 1.82) is 10.5 Å². The van der Waals surface area contributed by atoms with E-state index in [2.05, 4.69) is 0 Å². The van der Waals surface area contributed by atoms with E-state index in [1.807, 2.05) is 44.2 Å². The summed E-state index contributed by atoms with van der Waals surface area (Å²) in [5.41, 5.74) is 2.53. The lowest BCUT2D eigenvalue weighted by molar-refractivity contribution is 0.962. The summed E-state index contributed by atoms with van der Waals surface area (Å²) in [6.45, 7) is 3.76. The van der Waals surface area contributed by atoms with Gasteiger partial charge in [-0.1, -0.05) is 53.5 Å². The summed E-state index contributed by atoms with van der Waals surface area (Å²) in [5.74, 6) is 0. The van der Waals surface area contributed by atoms with Gasteiger partial charge in [0.15, 0.2) is 5.57 Å². The zero-order valence-corrected chi connectivity index (χ0v) is 17.3. The third kappa shape index (κ3) is 3.48. The van der Waals surface area contributed by atoms with Crippen LogP contribution in [0.25, 0.3) is 17.3 Å². The molecular formula is C21H13Cl2N3OS. The molecule has 138 valence electrons. The van der Waals surface area contributed by atoms with Crippen molar-refractivity contribution in [2.45, 2.75) is 13.8 Å². The van der Waals surface area contributed by atoms with Crippen LogP contribution < -0.4 is 14.8 Å². The van der Waals surface area contributed by atoms with Crippen LogP contribution >= 0.6 is 34.5 Å². The van der Waals surface area contributed by atoms with Crippen LogP contribution in [-0.2, 0) is 0 Å². The maximum Gasteiger partial charge on any atom is 0.273 e. The summed E-state index contributed by atoms with van der Waals surface area (Å²) in [5, 5.41) is 19.5. The summed E-state index contributed by atoms with van der Waals surface area (Å²) in [4.78, 5) is 13.3. The molecule has 0 N–H and O–H groups in total. The average Bonchev–Trinajstić information content (AvgIpc) is 2.97. The molecule has 0 bridgehead atoms. The fourth-order valence-electron chi connectivity index (χ4n) is 2.91. The largest absolute Gasteiger partial charge is 0.273 e. The van der Waals surface area contributed by atoms with Gasteiger partial charge in [-0.25, -0.2) is 0 Å². The smallest absolute Gasteiger partial charge is 0.267 e. The normalized spacial score (nSPS) is 11.1. The van der Waals surface area contributed by atoms with Gasteiger partial charge < -0.3 is 0 Å². The number of para-hydroxylation sites is 1. The summed E-state index contributed by atoms with van der Waals surface area (Å²) >= 11 is 13.4. The average molecular weight is 426 g/mol. The van der Waals surface area contributed by atoms with Gasteiger partial charge in [0.25, 0.3) is 5.56 Å². The monoisotopic (exact) mass is 425 g/mol. The second kappa shape index (κ2) is 8.04. The summed E-state index contributed by atoms with van der Waals surface area (Å²) in [6, 6.07) is 14.6. The lowest BCUT2D eigenvalue weighted by Crippen LogP contribution is -2.31. The number of nitrogens with zero attached hydrogens (tertiary/aromatic N) is 3. The quantitative estimate of drug-likeness (QED) is 0.625. The molecule has 7 heteroatoms. The number of halogens is 2. The molecule has 0 spiro atoms. The Balaban J connectivity index is 2.50. The van der Waals surface area contributed by atoms with Crippen LogP contribution in [0, 0.1) is 36.5 Å². The Morgan fingerprint density at radius 3 is 2.29 bits per heavy atom. The van der Waals surface area contributed by atoms with Crippen molar-refractivity contribution in [2.24, 2.45) is 0 Å². The van der Waals surface area contributed by atoms with Gasteiger partial charge in [0.2, 0.25) is 0 Å². The SMILES string of the molecule is Cc1cccc(C)c1-n1c(=C(C#N)C#N)s/c(=C\c2cccc(Cl)c2Cl)c1=O. The van der Waals surface area contributed by atoms with Gasteiger partial charge in [-0.2, -0.15) is 10.5 Å².